The number of hydrogen-bond donors (Lipinski definition) is 2. The zero-order chi connectivity index (χ0) is 13.4. The second kappa shape index (κ2) is 7.32. The van der Waals surface area contributed by atoms with Gasteiger partial charge in [-0.1, -0.05) is 13.3 Å². The fourth-order valence-electron chi connectivity index (χ4n) is 1.40. The summed E-state index contributed by atoms with van der Waals surface area (Å²) in [5, 5.41) is 7.30. The quantitative estimate of drug-likeness (QED) is 0.348. The first-order valence-electron chi connectivity index (χ1n) is 5.99. The average Bonchev–Trinajstić information content (AvgIpc) is 2.31. The van der Waals surface area contributed by atoms with Crippen LogP contribution in [0.4, 0.5) is 0 Å². The van der Waals surface area contributed by atoms with Gasteiger partial charge in [0.1, 0.15) is 5.75 Å². The first-order chi connectivity index (χ1) is 8.63. The van der Waals surface area contributed by atoms with Crippen LogP contribution < -0.4 is 16.2 Å². The Morgan fingerprint density at radius 1 is 1.39 bits per heavy atom. The third kappa shape index (κ3) is 4.86. The van der Waals surface area contributed by atoms with Crippen molar-refractivity contribution in [3.8, 4) is 5.75 Å². The van der Waals surface area contributed by atoms with Crippen molar-refractivity contribution >= 4 is 12.2 Å². The van der Waals surface area contributed by atoms with Gasteiger partial charge in [-0.05, 0) is 42.7 Å². The minimum absolute atomic E-state index is 0.0532. The molecule has 0 heterocycles. The molecule has 0 saturated carbocycles. The van der Waals surface area contributed by atoms with Crippen LogP contribution >= 0.6 is 0 Å². The van der Waals surface area contributed by atoms with Crippen LogP contribution in [0.2, 0.25) is 0 Å². The molecular formula is C13H20N4O. The molecule has 0 radical (unpaired) electrons. The van der Waals surface area contributed by atoms with Crippen molar-refractivity contribution < 1.29 is 4.74 Å². The Bertz CT molecular complexity index is 437. The van der Waals surface area contributed by atoms with Gasteiger partial charge in [-0.2, -0.15) is 5.10 Å². The zero-order valence-electron chi connectivity index (χ0n) is 10.9. The van der Waals surface area contributed by atoms with Crippen LogP contribution in [0, 0.1) is 6.92 Å². The van der Waals surface area contributed by atoms with Gasteiger partial charge in [0.05, 0.1) is 12.8 Å². The molecule has 0 aliphatic carbocycles. The van der Waals surface area contributed by atoms with E-state index in [9.17, 15) is 0 Å². The molecule has 0 aliphatic heterocycles. The summed E-state index contributed by atoms with van der Waals surface area (Å²) in [7, 11) is 0. The Kier molecular flexibility index (Phi) is 5.70. The smallest absolute Gasteiger partial charge is 0.211 e. The maximum Gasteiger partial charge on any atom is 0.211 e. The molecule has 5 heteroatoms. The number of nitrogens with zero attached hydrogens (tertiary/aromatic N) is 2. The second-order valence-corrected chi connectivity index (χ2v) is 4.00. The zero-order valence-corrected chi connectivity index (χ0v) is 10.9. The van der Waals surface area contributed by atoms with E-state index in [2.05, 4.69) is 17.1 Å². The van der Waals surface area contributed by atoms with Crippen LogP contribution in [0.25, 0.3) is 0 Å². The lowest BCUT2D eigenvalue weighted by molar-refractivity contribution is 0.307. The van der Waals surface area contributed by atoms with Crippen molar-refractivity contribution in [2.45, 2.75) is 26.7 Å². The first-order valence-corrected chi connectivity index (χ1v) is 5.99. The van der Waals surface area contributed by atoms with Crippen molar-refractivity contribution in [1.82, 2.24) is 0 Å². The van der Waals surface area contributed by atoms with Gasteiger partial charge in [0.25, 0.3) is 0 Å². The molecule has 0 amide bonds. The third-order valence-electron chi connectivity index (χ3n) is 2.33. The molecule has 0 atom stereocenters. The molecule has 5 nitrogen and oxygen atoms in total. The van der Waals surface area contributed by atoms with Gasteiger partial charge >= 0.3 is 0 Å². The van der Waals surface area contributed by atoms with E-state index < -0.39 is 0 Å². The fourth-order valence-corrected chi connectivity index (χ4v) is 1.40. The van der Waals surface area contributed by atoms with E-state index in [1.807, 2.05) is 25.1 Å². The van der Waals surface area contributed by atoms with Crippen LogP contribution in [0.1, 0.15) is 30.9 Å². The van der Waals surface area contributed by atoms with Gasteiger partial charge in [0.15, 0.2) is 0 Å². The van der Waals surface area contributed by atoms with Crippen molar-refractivity contribution in [2.24, 2.45) is 21.7 Å². The van der Waals surface area contributed by atoms with Gasteiger partial charge in [-0.25, -0.2) is 0 Å². The molecule has 1 aromatic carbocycles. The third-order valence-corrected chi connectivity index (χ3v) is 2.33. The van der Waals surface area contributed by atoms with Crippen LogP contribution in [-0.4, -0.2) is 18.8 Å². The lowest BCUT2D eigenvalue weighted by Crippen LogP contribution is -2.21. The number of nitrogens with two attached hydrogens (primary N) is 2. The molecule has 0 spiro atoms. The highest BCUT2D eigenvalue weighted by Gasteiger charge is 1.99. The summed E-state index contributed by atoms with van der Waals surface area (Å²) < 4.78 is 5.66. The Labute approximate surface area is 108 Å². The molecule has 0 saturated heterocycles. The minimum Gasteiger partial charge on any atom is -0.493 e. The SMILES string of the molecule is CCCCOc1ccc(C=NN=C(N)N)cc1C. The lowest BCUT2D eigenvalue weighted by Gasteiger charge is -2.08. The van der Waals surface area contributed by atoms with Gasteiger partial charge < -0.3 is 16.2 Å². The van der Waals surface area contributed by atoms with E-state index in [-0.39, 0.29) is 5.96 Å². The lowest BCUT2D eigenvalue weighted by atomic mass is 10.1. The normalized spacial score (nSPS) is 10.6. The standard InChI is InChI=1S/C13H20N4O/c1-3-4-7-18-12-6-5-11(8-10(12)2)9-16-17-13(14)15/h5-6,8-9H,3-4,7H2,1-2H3,(H4,14,15,17). The Morgan fingerprint density at radius 3 is 2.78 bits per heavy atom. The highest BCUT2D eigenvalue weighted by atomic mass is 16.5. The Hall–Kier alpha value is -2.04. The number of unbranched alkanes of at least 4 members (excludes halogenated alkanes) is 1. The topological polar surface area (TPSA) is 86.0 Å². The summed E-state index contributed by atoms with van der Waals surface area (Å²) in [5.74, 6) is 0.852. The van der Waals surface area contributed by atoms with Crippen molar-refractivity contribution in [3.63, 3.8) is 0 Å². The molecule has 0 aromatic heterocycles. The summed E-state index contributed by atoms with van der Waals surface area (Å²) >= 11 is 0. The maximum absolute atomic E-state index is 5.66. The highest BCUT2D eigenvalue weighted by molar-refractivity contribution is 5.82. The van der Waals surface area contributed by atoms with E-state index in [0.29, 0.717) is 0 Å². The Morgan fingerprint density at radius 2 is 2.17 bits per heavy atom. The fraction of sp³-hybridized carbons (Fsp3) is 0.385. The summed E-state index contributed by atoms with van der Waals surface area (Å²) in [6.07, 6.45) is 3.79. The predicted octanol–water partition coefficient (Wildman–Crippen LogP) is 1.78. The highest BCUT2D eigenvalue weighted by Crippen LogP contribution is 2.18. The van der Waals surface area contributed by atoms with Gasteiger partial charge in [0.2, 0.25) is 5.96 Å². The number of benzene rings is 1. The van der Waals surface area contributed by atoms with Gasteiger partial charge in [-0.15, -0.1) is 5.10 Å². The van der Waals surface area contributed by atoms with Crippen LogP contribution in [0.3, 0.4) is 0 Å². The van der Waals surface area contributed by atoms with Crippen LogP contribution in [-0.2, 0) is 0 Å². The van der Waals surface area contributed by atoms with Crippen molar-refractivity contribution in [3.05, 3.63) is 29.3 Å². The van der Waals surface area contributed by atoms with Gasteiger partial charge in [0, 0.05) is 0 Å². The van der Waals surface area contributed by atoms with E-state index in [4.69, 9.17) is 16.2 Å². The molecular weight excluding hydrogens is 228 g/mol. The molecule has 1 rings (SSSR count). The van der Waals surface area contributed by atoms with Crippen LogP contribution in [0.5, 0.6) is 5.75 Å². The molecule has 0 aliphatic rings. The Balaban J connectivity index is 2.67. The number of rotatable bonds is 6. The molecule has 0 fully saturated rings. The van der Waals surface area contributed by atoms with E-state index >= 15 is 0 Å². The monoisotopic (exact) mass is 248 g/mol. The van der Waals surface area contributed by atoms with Crippen LogP contribution in [0.15, 0.2) is 28.4 Å². The summed E-state index contributed by atoms with van der Waals surface area (Å²) in [6, 6.07) is 5.83. The predicted molar refractivity (Wildman–Crippen MR) is 75.0 cm³/mol. The van der Waals surface area contributed by atoms with E-state index in [0.717, 1.165) is 36.3 Å². The van der Waals surface area contributed by atoms with E-state index in [1.165, 1.54) is 0 Å². The molecule has 0 bridgehead atoms. The minimum atomic E-state index is -0.0532. The largest absolute Gasteiger partial charge is 0.493 e. The number of ether oxygens (including phenoxy) is 1. The molecule has 18 heavy (non-hydrogen) atoms. The molecule has 0 unspecified atom stereocenters. The van der Waals surface area contributed by atoms with Crippen molar-refractivity contribution in [1.29, 1.82) is 0 Å². The summed E-state index contributed by atoms with van der Waals surface area (Å²) in [6.45, 7) is 4.89. The average molecular weight is 248 g/mol. The van der Waals surface area contributed by atoms with E-state index in [1.54, 1.807) is 6.21 Å². The first kappa shape index (κ1) is 14.0. The van der Waals surface area contributed by atoms with Gasteiger partial charge in [-0.3, -0.25) is 0 Å². The molecule has 98 valence electrons. The molecule has 4 N–H and O–H groups in total. The number of hydrogen-bond acceptors (Lipinski definition) is 3. The summed E-state index contributed by atoms with van der Waals surface area (Å²) in [5.41, 5.74) is 12.3. The number of guanidine groups is 1. The number of aryl methyl sites for hydroxylation is 1. The second-order valence-electron chi connectivity index (χ2n) is 4.00. The summed E-state index contributed by atoms with van der Waals surface area (Å²) in [4.78, 5) is 0. The van der Waals surface area contributed by atoms with Crippen molar-refractivity contribution in [2.75, 3.05) is 6.61 Å². The molecule has 1 aromatic rings. The maximum atomic E-state index is 5.66.